The van der Waals surface area contributed by atoms with E-state index >= 15 is 0 Å². The Morgan fingerprint density at radius 1 is 1.00 bits per heavy atom. The Hall–Kier alpha value is -3.13. The van der Waals surface area contributed by atoms with Gasteiger partial charge < -0.3 is 16.4 Å². The number of hydrogen-bond donors (Lipinski definition) is 4. The van der Waals surface area contributed by atoms with E-state index in [4.69, 9.17) is 5.73 Å². The fraction of sp³-hybridized carbons (Fsp3) is 0.429. The molecule has 0 aromatic heterocycles. The highest BCUT2D eigenvalue weighted by Gasteiger charge is 2.23. The molecule has 2 unspecified atom stereocenters. The van der Waals surface area contributed by atoms with Gasteiger partial charge in [-0.05, 0) is 6.42 Å². The lowest BCUT2D eigenvalue weighted by atomic mass is 10.1. The lowest BCUT2D eigenvalue weighted by molar-refractivity contribution is -0.256. The molecule has 0 saturated carbocycles. The second kappa shape index (κ2) is 11.6. The van der Waals surface area contributed by atoms with Crippen molar-refractivity contribution in [3.8, 4) is 0 Å². The third-order valence-corrected chi connectivity index (χ3v) is 3.37. The molecule has 1 aliphatic rings. The van der Waals surface area contributed by atoms with Crippen LogP contribution in [0.3, 0.4) is 0 Å². The molecule has 1 rings (SSSR count). The van der Waals surface area contributed by atoms with Crippen molar-refractivity contribution in [3.05, 3.63) is 12.2 Å². The van der Waals surface area contributed by atoms with E-state index in [1.807, 2.05) is 0 Å². The number of carbonyl (C=O) groups is 6. The Morgan fingerprint density at radius 2 is 1.61 bits per heavy atom. The maximum atomic E-state index is 11.9. The van der Waals surface area contributed by atoms with Crippen molar-refractivity contribution < 1.29 is 48.3 Å². The average molecular weight is 419 g/mol. The molecule has 4 N–H and O–H groups in total. The first-order valence-corrected chi connectivity index (χ1v) is 8.31. The molecule has 14 heteroatoms. The van der Waals surface area contributed by atoms with Crippen molar-refractivity contribution >= 4 is 48.3 Å². The van der Waals surface area contributed by atoms with Gasteiger partial charge in [0.15, 0.2) is 0 Å². The third kappa shape index (κ3) is 8.50. The van der Waals surface area contributed by atoms with E-state index in [1.165, 1.54) is 0 Å². The van der Waals surface area contributed by atoms with Crippen LogP contribution in [-0.2, 0) is 48.3 Å². The summed E-state index contributed by atoms with van der Waals surface area (Å²) in [5.41, 5.74) is 5.50. The zero-order valence-electron chi connectivity index (χ0n) is 14.2. The molecule has 0 spiro atoms. The number of nitrogens with one attached hydrogen (secondary N) is 2. The Bertz CT molecular complexity index is 680. The van der Waals surface area contributed by atoms with Crippen LogP contribution in [0.2, 0.25) is 0 Å². The van der Waals surface area contributed by atoms with Crippen LogP contribution in [0.4, 0.5) is 0 Å². The van der Waals surface area contributed by atoms with Gasteiger partial charge in [-0.2, -0.15) is 12.6 Å². The van der Waals surface area contributed by atoms with Crippen molar-refractivity contribution in [2.45, 2.75) is 24.9 Å². The van der Waals surface area contributed by atoms with E-state index in [-0.39, 0.29) is 18.6 Å². The third-order valence-electron chi connectivity index (χ3n) is 3.00. The minimum absolute atomic E-state index is 0.101. The van der Waals surface area contributed by atoms with Crippen molar-refractivity contribution in [1.82, 2.24) is 10.6 Å². The monoisotopic (exact) mass is 419 g/mol. The lowest BCUT2D eigenvalue weighted by Crippen LogP contribution is -2.49. The summed E-state index contributed by atoms with van der Waals surface area (Å²) in [6.45, 7) is -0.675. The molecule has 1 aliphatic heterocycles. The van der Waals surface area contributed by atoms with E-state index in [0.29, 0.717) is 12.2 Å². The maximum absolute atomic E-state index is 11.9. The van der Waals surface area contributed by atoms with Gasteiger partial charge in [0, 0.05) is 24.3 Å². The zero-order valence-corrected chi connectivity index (χ0v) is 15.1. The topological polar surface area (TPSA) is 189 Å². The minimum atomic E-state index is -1.30. The summed E-state index contributed by atoms with van der Waals surface area (Å²) in [5, 5.41) is 4.47. The summed E-state index contributed by atoms with van der Waals surface area (Å²) in [5.74, 6) is -6.30. The number of amides is 2. The van der Waals surface area contributed by atoms with E-state index in [9.17, 15) is 28.8 Å². The van der Waals surface area contributed by atoms with Crippen molar-refractivity contribution in [2.75, 3.05) is 12.3 Å². The van der Waals surface area contributed by atoms with Gasteiger partial charge in [0.2, 0.25) is 11.8 Å². The first kappa shape index (κ1) is 22.9. The first-order chi connectivity index (χ1) is 13.2. The quantitative estimate of drug-likeness (QED) is 0.254. The van der Waals surface area contributed by atoms with Crippen LogP contribution < -0.4 is 16.4 Å². The van der Waals surface area contributed by atoms with Crippen LogP contribution in [0.5, 0.6) is 0 Å². The molecule has 2 amide bonds. The van der Waals surface area contributed by atoms with Crippen molar-refractivity contribution in [2.24, 2.45) is 5.73 Å². The zero-order chi connectivity index (χ0) is 21.1. The molecule has 0 fully saturated rings. The summed E-state index contributed by atoms with van der Waals surface area (Å²) in [6.07, 6.45) is 0.606. The van der Waals surface area contributed by atoms with Crippen molar-refractivity contribution in [1.29, 1.82) is 0 Å². The molecule has 0 radical (unpaired) electrons. The summed E-state index contributed by atoms with van der Waals surface area (Å²) in [4.78, 5) is 85.8. The normalized spacial score (nSPS) is 24.8. The largest absolute Gasteiger partial charge is 0.379 e. The van der Waals surface area contributed by atoms with Gasteiger partial charge in [-0.1, -0.05) is 0 Å². The van der Waals surface area contributed by atoms with E-state index < -0.39 is 54.3 Å². The predicted octanol–water partition coefficient (Wildman–Crippen LogP) is -2.80. The van der Waals surface area contributed by atoms with Crippen LogP contribution in [0.15, 0.2) is 12.2 Å². The molecule has 0 saturated heterocycles. The second-order valence-electron chi connectivity index (χ2n) is 5.16. The Morgan fingerprint density at radius 3 is 2.21 bits per heavy atom. The predicted molar refractivity (Wildman–Crippen MR) is 89.5 cm³/mol. The second-order valence-corrected chi connectivity index (χ2v) is 5.53. The van der Waals surface area contributed by atoms with Crippen LogP contribution in [0, 0.1) is 0 Å². The highest BCUT2D eigenvalue weighted by atomic mass is 32.1. The molecular formula is C14H17N3O10S. The summed E-state index contributed by atoms with van der Waals surface area (Å²) in [7, 11) is 0. The molecule has 0 aromatic carbocycles. The molecule has 28 heavy (non-hydrogen) atoms. The number of carbonyl (C=O) groups excluding carboxylic acids is 6. The highest BCUT2D eigenvalue weighted by molar-refractivity contribution is 7.80. The maximum Gasteiger partial charge on any atom is 0.379 e. The fourth-order valence-corrected chi connectivity index (χ4v) is 1.86. The van der Waals surface area contributed by atoms with E-state index in [2.05, 4.69) is 42.8 Å². The Kier molecular flexibility index (Phi) is 9.45. The molecule has 0 bridgehead atoms. The highest BCUT2D eigenvalue weighted by Crippen LogP contribution is 2.00. The first-order valence-electron chi connectivity index (χ1n) is 7.68. The van der Waals surface area contributed by atoms with Gasteiger partial charge >= 0.3 is 23.9 Å². The van der Waals surface area contributed by atoms with Crippen LogP contribution in [0.25, 0.3) is 0 Å². The smallest absolute Gasteiger partial charge is 0.344 e. The van der Waals surface area contributed by atoms with Gasteiger partial charge in [0.1, 0.15) is 18.6 Å². The standard InChI is InChI=1S/C14H17N3O10S/c15-7-1-2-9(18)17-8(6-28)13(22)16-5-12(21)26-24-10(19)3-4-11(20)25-27-14(7)23/h3-4,7-8,28H,1-2,5-6,15H2,(H,16,22)(H,17,18)/b4-3+. The van der Waals surface area contributed by atoms with Gasteiger partial charge in [-0.15, -0.1) is 0 Å². The van der Waals surface area contributed by atoms with Crippen LogP contribution in [-0.4, -0.2) is 60.1 Å². The molecule has 1 heterocycles. The summed E-state index contributed by atoms with van der Waals surface area (Å²) < 4.78 is 0. The number of thiol groups is 1. The molecule has 0 aromatic rings. The van der Waals surface area contributed by atoms with E-state index in [0.717, 1.165) is 0 Å². The molecule has 13 nitrogen and oxygen atoms in total. The van der Waals surface area contributed by atoms with E-state index in [1.54, 1.807) is 0 Å². The van der Waals surface area contributed by atoms with Gasteiger partial charge in [0.05, 0.1) is 0 Å². The molecule has 154 valence electrons. The fourth-order valence-electron chi connectivity index (χ4n) is 1.60. The Labute approximate surface area is 163 Å². The SMILES string of the molecule is NC1CCC(=O)NC(CS)C(=O)NCC(=O)OOC(=O)/C=C/C(=O)OOC1=O. The number of rotatable bonds is 1. The molecule has 2 atom stereocenters. The van der Waals surface area contributed by atoms with Gasteiger partial charge in [-0.3, -0.25) is 9.59 Å². The molecule has 0 aliphatic carbocycles. The number of nitrogens with two attached hydrogens (primary N) is 1. The summed E-state index contributed by atoms with van der Waals surface area (Å²) in [6, 6.07) is -2.40. The van der Waals surface area contributed by atoms with Crippen molar-refractivity contribution in [3.63, 3.8) is 0 Å². The Balaban J connectivity index is 2.82. The van der Waals surface area contributed by atoms with Gasteiger partial charge in [-0.25, -0.2) is 38.7 Å². The van der Waals surface area contributed by atoms with Gasteiger partial charge in [0.25, 0.3) is 0 Å². The van der Waals surface area contributed by atoms with Crippen LogP contribution in [0.1, 0.15) is 12.8 Å². The minimum Gasteiger partial charge on any atom is -0.344 e. The number of hydrogen-bond acceptors (Lipinski definition) is 12. The summed E-state index contributed by atoms with van der Waals surface area (Å²) >= 11 is 3.92. The van der Waals surface area contributed by atoms with Crippen LogP contribution >= 0.6 is 12.6 Å². The lowest BCUT2D eigenvalue weighted by Gasteiger charge is -2.16. The molecular weight excluding hydrogens is 402 g/mol. The average Bonchev–Trinajstić information content (AvgIpc) is 2.68.